The topological polar surface area (TPSA) is 61.7 Å². The van der Waals surface area contributed by atoms with Gasteiger partial charge in [0.15, 0.2) is 0 Å². The van der Waals surface area contributed by atoms with Gasteiger partial charge < -0.3 is 19.6 Å². The molecule has 43 heavy (non-hydrogen) atoms. The van der Waals surface area contributed by atoms with Gasteiger partial charge in [-0.05, 0) is 69.1 Å². The van der Waals surface area contributed by atoms with Crippen LogP contribution in [0.1, 0.15) is 91.6 Å². The third-order valence-electron chi connectivity index (χ3n) is 9.21. The lowest BCUT2D eigenvalue weighted by molar-refractivity contribution is 0.169. The molecule has 3 aliphatic rings. The van der Waals surface area contributed by atoms with Gasteiger partial charge >= 0.3 is 6.01 Å². The Balaban J connectivity index is 1.44. The van der Waals surface area contributed by atoms with Crippen molar-refractivity contribution >= 4 is 28.7 Å². The molecule has 7 heteroatoms. The van der Waals surface area contributed by atoms with Crippen molar-refractivity contribution in [3.05, 3.63) is 51.9 Å². The van der Waals surface area contributed by atoms with E-state index in [1.807, 2.05) is 11.1 Å². The van der Waals surface area contributed by atoms with Crippen LogP contribution in [0.4, 0.5) is 10.1 Å². The highest BCUT2D eigenvalue weighted by atomic mass is 19.1. The van der Waals surface area contributed by atoms with Crippen LogP contribution in [0.15, 0.2) is 24.3 Å². The Hall–Kier alpha value is -3.63. The fourth-order valence-corrected chi connectivity index (χ4v) is 6.62. The number of ether oxygens (including phenoxy) is 1. The van der Waals surface area contributed by atoms with Crippen LogP contribution in [0.2, 0.25) is 0 Å². The van der Waals surface area contributed by atoms with Crippen LogP contribution < -0.4 is 20.2 Å². The molecule has 0 radical (unpaired) electrons. The first kappa shape index (κ1) is 27.0. The Labute approximate surface area is 257 Å². The highest BCUT2D eigenvalue weighted by Gasteiger charge is 2.45. The van der Waals surface area contributed by atoms with Crippen LogP contribution in [-0.2, 0) is 0 Å². The largest absolute Gasteiger partial charge is 0.508 e. The molecular formula is C36H43FN4O2. The number of terminal acetylenes is 1. The molecule has 3 aromatic rings. The average Bonchev–Trinajstić information content (AvgIpc) is 3.64. The average molecular weight is 585 g/mol. The van der Waals surface area contributed by atoms with Gasteiger partial charge in [-0.25, -0.2) is 4.39 Å². The first-order valence-electron chi connectivity index (χ1n) is 16.9. The molecular weight excluding hydrogens is 539 g/mol. The Morgan fingerprint density at radius 1 is 1.19 bits per heavy atom. The molecule has 0 bridgehead atoms. The van der Waals surface area contributed by atoms with Gasteiger partial charge in [-0.2, -0.15) is 9.97 Å². The summed E-state index contributed by atoms with van der Waals surface area (Å²) in [5.41, 5.74) is 1.01. The van der Waals surface area contributed by atoms with Crippen molar-refractivity contribution < 1.29 is 17.0 Å². The number of rotatable bonds is 12. The van der Waals surface area contributed by atoms with E-state index in [0.717, 1.165) is 81.8 Å². The fraction of sp³-hybridized carbons (Fsp3) is 0.500. The first-order chi connectivity index (χ1) is 21.7. The first-order valence-corrected chi connectivity index (χ1v) is 15.9. The van der Waals surface area contributed by atoms with E-state index in [1.165, 1.54) is 6.07 Å². The van der Waals surface area contributed by atoms with Crippen molar-refractivity contribution in [3.63, 3.8) is 0 Å². The SMILES string of the molecule is [2H]C([2H])(Oc1nc(C(CC)CCCCC)c2c(n1)=CN(c1cc(O)cc3ccc(F)c(C#C)c13)CC=2)C1(CN2CCCC2)CC1. The molecule has 1 aliphatic carbocycles. The van der Waals surface area contributed by atoms with Crippen molar-refractivity contribution in [3.8, 4) is 24.1 Å². The summed E-state index contributed by atoms with van der Waals surface area (Å²) in [6.07, 6.45) is 18.7. The van der Waals surface area contributed by atoms with Gasteiger partial charge in [-0.3, -0.25) is 0 Å². The molecule has 2 aliphatic heterocycles. The second-order valence-corrected chi connectivity index (χ2v) is 12.4. The number of aromatic nitrogens is 2. The zero-order valence-electron chi connectivity index (χ0n) is 27.3. The van der Waals surface area contributed by atoms with Crippen LogP contribution in [-0.4, -0.2) is 52.7 Å². The van der Waals surface area contributed by atoms with Crippen LogP contribution >= 0.6 is 0 Å². The van der Waals surface area contributed by atoms with E-state index < -0.39 is 17.8 Å². The molecule has 0 amide bonds. The molecule has 3 heterocycles. The molecule has 2 fully saturated rings. The van der Waals surface area contributed by atoms with E-state index in [1.54, 1.807) is 18.2 Å². The van der Waals surface area contributed by atoms with Crippen molar-refractivity contribution in [1.82, 2.24) is 14.9 Å². The number of halogens is 1. The summed E-state index contributed by atoms with van der Waals surface area (Å²) in [7, 11) is 0. The molecule has 2 aromatic carbocycles. The molecule has 1 N–H and O–H groups in total. The van der Waals surface area contributed by atoms with Gasteiger partial charge in [-0.15, -0.1) is 6.42 Å². The number of benzene rings is 2. The third kappa shape index (κ3) is 6.21. The van der Waals surface area contributed by atoms with Crippen molar-refractivity contribution in [2.24, 2.45) is 5.41 Å². The van der Waals surface area contributed by atoms with Gasteiger partial charge in [0, 0.05) is 47.3 Å². The number of fused-ring (bicyclic) bond motifs is 2. The summed E-state index contributed by atoms with van der Waals surface area (Å²) in [6.45, 7) is 5.55. The monoisotopic (exact) mass is 584 g/mol. The number of hydrogen-bond acceptors (Lipinski definition) is 6. The van der Waals surface area contributed by atoms with Gasteiger partial charge in [-0.1, -0.05) is 51.2 Å². The van der Waals surface area contributed by atoms with Gasteiger partial charge in [0.2, 0.25) is 0 Å². The minimum atomic E-state index is -1.93. The summed E-state index contributed by atoms with van der Waals surface area (Å²) in [6, 6.07) is 6.14. The Morgan fingerprint density at radius 3 is 2.72 bits per heavy atom. The predicted octanol–water partition coefficient (Wildman–Crippen LogP) is 5.82. The van der Waals surface area contributed by atoms with Crippen LogP contribution in [0.5, 0.6) is 11.8 Å². The Kier molecular flexibility index (Phi) is 7.86. The summed E-state index contributed by atoms with van der Waals surface area (Å²) in [5, 5.41) is 13.3. The van der Waals surface area contributed by atoms with Crippen molar-refractivity contribution in [2.45, 2.75) is 77.6 Å². The van der Waals surface area contributed by atoms with Crippen LogP contribution in [0.25, 0.3) is 23.0 Å². The Morgan fingerprint density at radius 2 is 2.00 bits per heavy atom. The molecule has 0 spiro atoms. The minimum Gasteiger partial charge on any atom is -0.508 e. The van der Waals surface area contributed by atoms with Gasteiger partial charge in [0.05, 0.1) is 31.6 Å². The lowest BCUT2D eigenvalue weighted by Gasteiger charge is -2.26. The highest BCUT2D eigenvalue weighted by molar-refractivity contribution is 6.01. The number of hydrogen-bond donors (Lipinski definition) is 1. The molecule has 6 nitrogen and oxygen atoms in total. The molecule has 226 valence electrons. The molecule has 1 saturated carbocycles. The number of phenols is 1. The molecule has 6 rings (SSSR count). The summed E-state index contributed by atoms with van der Waals surface area (Å²) in [4.78, 5) is 14.0. The Bertz CT molecular complexity index is 1740. The van der Waals surface area contributed by atoms with Crippen molar-refractivity contribution in [1.29, 1.82) is 0 Å². The zero-order valence-corrected chi connectivity index (χ0v) is 25.3. The quantitative estimate of drug-likeness (QED) is 0.214. The van der Waals surface area contributed by atoms with E-state index in [0.29, 0.717) is 34.9 Å². The fourth-order valence-electron chi connectivity index (χ4n) is 6.62. The standard InChI is InChI=1S/C36H43FN4O2/c1-4-7-8-11-25(5-2)34-29-14-19-41(32-21-27(42)20-26-12-13-30(37)28(6-3)33(26)32)22-31(29)38-35(39-34)43-24-36(15-16-36)23-40-17-9-10-18-40/h3,12-14,20-22,25,42H,4-5,7-11,15-19,23-24H2,1-2H3/i24D2. The van der Waals surface area contributed by atoms with Gasteiger partial charge in [0.1, 0.15) is 11.6 Å². The minimum absolute atomic E-state index is 0.0398. The molecule has 1 unspecified atom stereocenters. The number of unbranched alkanes of at least 4 members (excludes halogenated alkanes) is 2. The van der Waals surface area contributed by atoms with Crippen molar-refractivity contribution in [2.75, 3.05) is 37.6 Å². The maximum atomic E-state index is 14.8. The molecule has 1 aromatic heterocycles. The highest BCUT2D eigenvalue weighted by Crippen LogP contribution is 2.47. The maximum Gasteiger partial charge on any atom is 0.317 e. The number of anilines is 1. The summed E-state index contributed by atoms with van der Waals surface area (Å²) >= 11 is 0. The number of likely N-dealkylation sites (tertiary alicyclic amines) is 1. The van der Waals surface area contributed by atoms with Gasteiger partial charge in [0.25, 0.3) is 0 Å². The van der Waals surface area contributed by atoms with Crippen LogP contribution in [0.3, 0.4) is 0 Å². The predicted molar refractivity (Wildman–Crippen MR) is 171 cm³/mol. The third-order valence-corrected chi connectivity index (χ3v) is 9.21. The van der Waals surface area contributed by atoms with E-state index in [2.05, 4.69) is 30.7 Å². The zero-order chi connectivity index (χ0) is 31.8. The summed E-state index contributed by atoms with van der Waals surface area (Å²) in [5.74, 6) is 2.21. The summed E-state index contributed by atoms with van der Waals surface area (Å²) < 4.78 is 39.1. The van der Waals surface area contributed by atoms with E-state index in [9.17, 15) is 9.50 Å². The van der Waals surface area contributed by atoms with Crippen LogP contribution in [0, 0.1) is 23.6 Å². The smallest absolute Gasteiger partial charge is 0.317 e. The lowest BCUT2D eigenvalue weighted by Crippen LogP contribution is -2.42. The van der Waals surface area contributed by atoms with E-state index >= 15 is 0 Å². The number of aromatic hydroxyl groups is 1. The lowest BCUT2D eigenvalue weighted by atomic mass is 9.93. The van der Waals surface area contributed by atoms with E-state index in [4.69, 9.17) is 23.9 Å². The molecule has 1 saturated heterocycles. The molecule has 1 atom stereocenters. The maximum absolute atomic E-state index is 14.8. The number of phenolic OH excluding ortho intramolecular Hbond substituents is 1. The normalized spacial score (nSPS) is 19.1. The number of nitrogens with zero attached hydrogens (tertiary/aromatic N) is 4. The second-order valence-electron chi connectivity index (χ2n) is 12.4. The van der Waals surface area contributed by atoms with E-state index in [-0.39, 0.29) is 23.2 Å². The second kappa shape index (κ2) is 12.5.